The molecule has 32 heavy (non-hydrogen) atoms. The van der Waals surface area contributed by atoms with Crippen molar-refractivity contribution in [1.82, 2.24) is 0 Å². The van der Waals surface area contributed by atoms with Crippen molar-refractivity contribution in [1.29, 1.82) is 5.26 Å². The van der Waals surface area contributed by atoms with E-state index in [0.717, 1.165) is 13.0 Å². The van der Waals surface area contributed by atoms with Gasteiger partial charge in [0.25, 0.3) is 0 Å². The molecule has 0 heterocycles. The van der Waals surface area contributed by atoms with E-state index < -0.39 is 35.7 Å². The Bertz CT molecular complexity index is 1040. The maximum atomic E-state index is 12.8. The second kappa shape index (κ2) is 9.65. The molecule has 0 saturated heterocycles. The van der Waals surface area contributed by atoms with Gasteiger partial charge in [-0.25, -0.2) is 9.18 Å². The molecule has 0 N–H and O–H groups in total. The summed E-state index contributed by atoms with van der Waals surface area (Å²) in [5.41, 5.74) is 0.0216. The molecule has 0 radical (unpaired) electrons. The number of carbonyl (C=O) groups excluding carboxylic acids is 2. The van der Waals surface area contributed by atoms with Gasteiger partial charge in [-0.05, 0) is 35.6 Å². The third-order valence-corrected chi connectivity index (χ3v) is 5.37. The zero-order chi connectivity index (χ0) is 23.3. The van der Waals surface area contributed by atoms with Gasteiger partial charge in [-0.3, -0.25) is 4.79 Å². The molecule has 6 nitrogen and oxygen atoms in total. The molecule has 2 aromatic carbocycles. The van der Waals surface area contributed by atoms with E-state index in [2.05, 4.69) is 4.74 Å². The van der Waals surface area contributed by atoms with Crippen LogP contribution >= 0.6 is 0 Å². The van der Waals surface area contributed by atoms with Crippen LogP contribution < -0.4 is 4.74 Å². The average molecular weight is 437 g/mol. The number of rotatable bonds is 8. The van der Waals surface area contributed by atoms with E-state index >= 15 is 0 Å². The number of ether oxygens (including phenoxy) is 3. The molecular formula is C25H24FNO5. The van der Waals surface area contributed by atoms with Crippen molar-refractivity contribution >= 4 is 11.9 Å². The van der Waals surface area contributed by atoms with Crippen molar-refractivity contribution < 1.29 is 28.2 Å². The zero-order valence-corrected chi connectivity index (χ0v) is 18.0. The van der Waals surface area contributed by atoms with Gasteiger partial charge in [-0.15, -0.1) is 0 Å². The first-order valence-corrected chi connectivity index (χ1v) is 10.2. The SMILES string of the molecule is CC(F)OC(=O)/C=C/C1C(C(=O)OC(C#N)c2cccc(Oc3ccccc3)c2)C1(C)C. The van der Waals surface area contributed by atoms with Crippen LogP contribution in [0.5, 0.6) is 11.5 Å². The van der Waals surface area contributed by atoms with Gasteiger partial charge in [0.2, 0.25) is 12.5 Å². The van der Waals surface area contributed by atoms with E-state index in [-0.39, 0.29) is 5.92 Å². The number of hydrogen-bond acceptors (Lipinski definition) is 6. The fraction of sp³-hybridized carbons (Fsp3) is 0.320. The molecule has 166 valence electrons. The summed E-state index contributed by atoms with van der Waals surface area (Å²) in [4.78, 5) is 24.3. The molecular weight excluding hydrogens is 413 g/mol. The van der Waals surface area contributed by atoms with E-state index in [9.17, 15) is 19.2 Å². The standard InChI is InChI=1S/C25H24FNO5/c1-16(26)30-22(28)13-12-20-23(25(20,2)3)24(29)32-21(15-27)17-8-7-11-19(14-17)31-18-9-5-4-6-10-18/h4-14,16,20-21,23H,1-3H3/b13-12+. The number of esters is 2. The number of alkyl halides is 1. The molecule has 1 aliphatic rings. The molecule has 4 unspecified atom stereocenters. The average Bonchev–Trinajstić information content (AvgIpc) is 3.31. The van der Waals surface area contributed by atoms with Crippen LogP contribution in [0.3, 0.4) is 0 Å². The van der Waals surface area contributed by atoms with E-state index in [1.54, 1.807) is 36.4 Å². The maximum Gasteiger partial charge on any atom is 0.332 e. The number of halogens is 1. The minimum atomic E-state index is -1.71. The molecule has 3 rings (SSSR count). The predicted molar refractivity (Wildman–Crippen MR) is 114 cm³/mol. The lowest BCUT2D eigenvalue weighted by Gasteiger charge is -2.13. The van der Waals surface area contributed by atoms with Crippen molar-refractivity contribution in [3.63, 3.8) is 0 Å². The maximum absolute atomic E-state index is 12.8. The summed E-state index contributed by atoms with van der Waals surface area (Å²) in [5.74, 6) is -1.03. The summed E-state index contributed by atoms with van der Waals surface area (Å²) in [6, 6.07) is 18.0. The monoisotopic (exact) mass is 437 g/mol. The zero-order valence-electron chi connectivity index (χ0n) is 18.0. The largest absolute Gasteiger partial charge is 0.457 e. The minimum Gasteiger partial charge on any atom is -0.457 e. The molecule has 2 aromatic rings. The summed E-state index contributed by atoms with van der Waals surface area (Å²) in [5, 5.41) is 9.59. The quantitative estimate of drug-likeness (QED) is 0.413. The normalized spacial score (nSPS) is 20.6. The first-order valence-electron chi connectivity index (χ1n) is 10.2. The van der Waals surface area contributed by atoms with E-state index in [1.165, 1.54) is 6.08 Å². The molecule has 0 bridgehead atoms. The molecule has 0 amide bonds. The summed E-state index contributed by atoms with van der Waals surface area (Å²) in [6.07, 6.45) is -0.188. The molecule has 1 saturated carbocycles. The van der Waals surface area contributed by atoms with Gasteiger partial charge in [-0.2, -0.15) is 5.26 Å². The number of carbonyl (C=O) groups is 2. The van der Waals surface area contributed by atoms with Crippen LogP contribution in [-0.2, 0) is 19.1 Å². The highest BCUT2D eigenvalue weighted by atomic mass is 19.1. The lowest BCUT2D eigenvalue weighted by atomic mass is 10.1. The van der Waals surface area contributed by atoms with Crippen molar-refractivity contribution in [2.24, 2.45) is 17.3 Å². The number of hydrogen-bond donors (Lipinski definition) is 0. The number of benzene rings is 2. The van der Waals surface area contributed by atoms with Crippen molar-refractivity contribution in [2.45, 2.75) is 33.2 Å². The van der Waals surface area contributed by atoms with E-state index in [1.807, 2.05) is 38.1 Å². The first kappa shape index (κ1) is 23.0. The smallest absolute Gasteiger partial charge is 0.332 e. The van der Waals surface area contributed by atoms with Crippen molar-refractivity contribution in [3.05, 3.63) is 72.3 Å². The summed E-state index contributed by atoms with van der Waals surface area (Å²) >= 11 is 0. The van der Waals surface area contributed by atoms with Crippen LogP contribution in [0.4, 0.5) is 4.39 Å². The molecule has 0 spiro atoms. The van der Waals surface area contributed by atoms with Crippen LogP contribution in [0.25, 0.3) is 0 Å². The van der Waals surface area contributed by atoms with Gasteiger partial charge < -0.3 is 14.2 Å². The Hall–Kier alpha value is -3.66. The van der Waals surface area contributed by atoms with Gasteiger partial charge in [0.15, 0.2) is 0 Å². The second-order valence-corrected chi connectivity index (χ2v) is 8.10. The number of nitrogens with zero attached hydrogens (tertiary/aromatic N) is 1. The molecule has 0 aliphatic heterocycles. The minimum absolute atomic E-state index is 0.287. The Kier molecular flexibility index (Phi) is 6.94. The Morgan fingerprint density at radius 2 is 1.78 bits per heavy atom. The number of para-hydroxylation sites is 1. The van der Waals surface area contributed by atoms with Crippen LogP contribution in [0, 0.1) is 28.6 Å². The highest BCUT2D eigenvalue weighted by Crippen LogP contribution is 2.59. The molecule has 0 aromatic heterocycles. The summed E-state index contributed by atoms with van der Waals surface area (Å²) < 4.78 is 28.4. The highest BCUT2D eigenvalue weighted by molar-refractivity contribution is 5.83. The molecule has 1 fully saturated rings. The third-order valence-electron chi connectivity index (χ3n) is 5.37. The fourth-order valence-electron chi connectivity index (χ4n) is 3.59. The van der Waals surface area contributed by atoms with Crippen LogP contribution in [0.2, 0.25) is 0 Å². The Balaban J connectivity index is 1.66. The van der Waals surface area contributed by atoms with Gasteiger partial charge in [0.05, 0.1) is 5.92 Å². The number of nitriles is 1. The highest BCUT2D eigenvalue weighted by Gasteiger charge is 2.61. The lowest BCUT2D eigenvalue weighted by molar-refractivity contribution is -0.150. The predicted octanol–water partition coefficient (Wildman–Crippen LogP) is 5.27. The Morgan fingerprint density at radius 3 is 2.44 bits per heavy atom. The summed E-state index contributed by atoms with van der Waals surface area (Å²) in [7, 11) is 0. The Morgan fingerprint density at radius 1 is 1.09 bits per heavy atom. The second-order valence-electron chi connectivity index (χ2n) is 8.10. The van der Waals surface area contributed by atoms with Gasteiger partial charge in [0.1, 0.15) is 17.6 Å². The molecule has 4 atom stereocenters. The van der Waals surface area contributed by atoms with Crippen LogP contribution in [0.15, 0.2) is 66.7 Å². The van der Waals surface area contributed by atoms with Crippen LogP contribution in [-0.4, -0.2) is 18.3 Å². The topological polar surface area (TPSA) is 85.6 Å². The molecule has 7 heteroatoms. The Labute approximate surface area is 186 Å². The van der Waals surface area contributed by atoms with Crippen molar-refractivity contribution in [2.75, 3.05) is 0 Å². The lowest BCUT2D eigenvalue weighted by Crippen LogP contribution is -2.14. The number of allylic oxidation sites excluding steroid dienone is 1. The fourth-order valence-corrected chi connectivity index (χ4v) is 3.59. The van der Waals surface area contributed by atoms with E-state index in [4.69, 9.17) is 9.47 Å². The van der Waals surface area contributed by atoms with Gasteiger partial charge >= 0.3 is 11.9 Å². The van der Waals surface area contributed by atoms with Crippen molar-refractivity contribution in [3.8, 4) is 17.6 Å². The summed E-state index contributed by atoms with van der Waals surface area (Å²) in [6.45, 7) is 4.81. The van der Waals surface area contributed by atoms with Gasteiger partial charge in [-0.1, -0.05) is 50.3 Å². The van der Waals surface area contributed by atoms with E-state index in [0.29, 0.717) is 17.1 Å². The third kappa shape index (κ3) is 5.52. The molecule has 1 aliphatic carbocycles. The van der Waals surface area contributed by atoms with Gasteiger partial charge in [0, 0.05) is 18.6 Å². The van der Waals surface area contributed by atoms with Crippen LogP contribution in [0.1, 0.15) is 32.4 Å². The first-order chi connectivity index (χ1) is 15.2.